The second kappa shape index (κ2) is 8.60. The molecule has 1 unspecified atom stereocenters. The summed E-state index contributed by atoms with van der Waals surface area (Å²) < 4.78 is 10.4. The van der Waals surface area contributed by atoms with Gasteiger partial charge in [0.1, 0.15) is 11.8 Å². The molecule has 0 saturated heterocycles. The van der Waals surface area contributed by atoms with Gasteiger partial charge < -0.3 is 19.9 Å². The van der Waals surface area contributed by atoms with Crippen LogP contribution < -0.4 is 10.1 Å². The third kappa shape index (κ3) is 5.54. The number of amides is 1. The minimum Gasteiger partial charge on any atom is -0.490 e. The highest BCUT2D eigenvalue weighted by Crippen LogP contribution is 2.24. The molecule has 0 aliphatic rings. The van der Waals surface area contributed by atoms with Crippen molar-refractivity contribution in [2.24, 2.45) is 0 Å². The lowest BCUT2D eigenvalue weighted by atomic mass is 10.1. The van der Waals surface area contributed by atoms with Crippen LogP contribution in [-0.4, -0.2) is 42.8 Å². The number of carbonyl (C=O) groups is 2. The molecule has 7 heteroatoms. The van der Waals surface area contributed by atoms with Gasteiger partial charge in [0.2, 0.25) is 0 Å². The van der Waals surface area contributed by atoms with Crippen molar-refractivity contribution in [1.29, 1.82) is 0 Å². The average Bonchev–Trinajstić information content (AvgIpc) is 2.44. The van der Waals surface area contributed by atoms with Gasteiger partial charge in [-0.3, -0.25) is 4.79 Å². The first kappa shape index (κ1) is 18.3. The first-order valence-corrected chi connectivity index (χ1v) is 7.21. The predicted octanol–water partition coefficient (Wildman–Crippen LogP) is 2.35. The third-order valence-corrected chi connectivity index (χ3v) is 3.00. The van der Waals surface area contributed by atoms with Gasteiger partial charge in [0, 0.05) is 25.2 Å². The molecule has 1 rings (SSSR count). The van der Waals surface area contributed by atoms with Crippen LogP contribution in [0.3, 0.4) is 0 Å². The van der Waals surface area contributed by atoms with E-state index in [0.717, 1.165) is 0 Å². The van der Waals surface area contributed by atoms with Gasteiger partial charge in [-0.15, -0.1) is 0 Å². The Hall–Kier alpha value is -1.79. The Morgan fingerprint density at radius 2 is 2.05 bits per heavy atom. The van der Waals surface area contributed by atoms with Gasteiger partial charge in [-0.05, 0) is 32.0 Å². The summed E-state index contributed by atoms with van der Waals surface area (Å²) in [5.41, 5.74) is 0.199. The molecule has 0 bridgehead atoms. The summed E-state index contributed by atoms with van der Waals surface area (Å²) in [6.07, 6.45) is 0.0369. The van der Waals surface area contributed by atoms with E-state index in [9.17, 15) is 9.59 Å². The first-order valence-electron chi connectivity index (χ1n) is 6.84. The van der Waals surface area contributed by atoms with Gasteiger partial charge in [0.05, 0.1) is 11.7 Å². The van der Waals surface area contributed by atoms with Crippen LogP contribution in [0.4, 0.5) is 0 Å². The molecular weight excluding hydrogens is 310 g/mol. The summed E-state index contributed by atoms with van der Waals surface area (Å²) in [5.74, 6) is -1.33. The van der Waals surface area contributed by atoms with Gasteiger partial charge in [-0.2, -0.15) is 0 Å². The molecule has 0 radical (unpaired) electrons. The number of benzene rings is 1. The highest BCUT2D eigenvalue weighted by molar-refractivity contribution is 6.31. The van der Waals surface area contributed by atoms with Crippen molar-refractivity contribution in [2.75, 3.05) is 13.7 Å². The van der Waals surface area contributed by atoms with Crippen molar-refractivity contribution in [3.05, 3.63) is 28.8 Å². The molecule has 0 fully saturated rings. The van der Waals surface area contributed by atoms with Gasteiger partial charge in [-0.25, -0.2) is 4.79 Å². The maximum Gasteiger partial charge on any atom is 0.326 e. The Bertz CT molecular complexity index is 533. The number of halogens is 1. The Labute approximate surface area is 134 Å². The SMILES string of the molecule is COCCC(NC(=O)c1cc(Cl)ccc1OC(C)C)C(=O)O. The van der Waals surface area contributed by atoms with E-state index in [1.54, 1.807) is 12.1 Å². The van der Waals surface area contributed by atoms with Crippen LogP contribution in [0.1, 0.15) is 30.6 Å². The Morgan fingerprint density at radius 3 is 2.59 bits per heavy atom. The highest BCUT2D eigenvalue weighted by Gasteiger charge is 2.22. The molecule has 0 heterocycles. The molecule has 22 heavy (non-hydrogen) atoms. The molecule has 2 N–H and O–H groups in total. The smallest absolute Gasteiger partial charge is 0.326 e. The number of carboxylic acids is 1. The lowest BCUT2D eigenvalue weighted by molar-refractivity contribution is -0.139. The molecule has 1 amide bonds. The van der Waals surface area contributed by atoms with Gasteiger partial charge in [-0.1, -0.05) is 11.6 Å². The number of nitrogens with one attached hydrogen (secondary N) is 1. The summed E-state index contributed by atoms with van der Waals surface area (Å²) in [6.45, 7) is 3.88. The van der Waals surface area contributed by atoms with Crippen molar-refractivity contribution in [1.82, 2.24) is 5.32 Å². The molecule has 0 saturated carbocycles. The Kier molecular flexibility index (Phi) is 7.14. The van der Waals surface area contributed by atoms with E-state index in [2.05, 4.69) is 5.32 Å². The largest absolute Gasteiger partial charge is 0.490 e. The number of rotatable bonds is 8. The second-order valence-electron chi connectivity index (χ2n) is 4.95. The topological polar surface area (TPSA) is 84.9 Å². The van der Waals surface area contributed by atoms with E-state index in [-0.39, 0.29) is 24.7 Å². The molecule has 0 spiro atoms. The second-order valence-corrected chi connectivity index (χ2v) is 5.39. The number of hydrogen-bond acceptors (Lipinski definition) is 4. The van der Waals surface area contributed by atoms with E-state index in [0.29, 0.717) is 10.8 Å². The summed E-state index contributed by atoms with van der Waals surface area (Å²) in [4.78, 5) is 23.5. The van der Waals surface area contributed by atoms with E-state index in [4.69, 9.17) is 26.2 Å². The normalized spacial score (nSPS) is 12.0. The molecular formula is C15H20ClNO5. The molecule has 6 nitrogen and oxygen atoms in total. The number of carboxylic acid groups (broad SMARTS) is 1. The molecule has 0 aliphatic carbocycles. The maximum absolute atomic E-state index is 12.3. The van der Waals surface area contributed by atoms with E-state index in [1.165, 1.54) is 13.2 Å². The van der Waals surface area contributed by atoms with Crippen LogP contribution in [0.2, 0.25) is 5.02 Å². The lowest BCUT2D eigenvalue weighted by Crippen LogP contribution is -2.41. The minimum atomic E-state index is -1.13. The van der Waals surface area contributed by atoms with E-state index >= 15 is 0 Å². The molecule has 0 aromatic heterocycles. The summed E-state index contributed by atoms with van der Waals surface area (Å²) in [6, 6.07) is 3.60. The zero-order chi connectivity index (χ0) is 16.7. The minimum absolute atomic E-state index is 0.128. The van der Waals surface area contributed by atoms with Crippen LogP contribution >= 0.6 is 11.6 Å². The van der Waals surface area contributed by atoms with Gasteiger partial charge in [0.15, 0.2) is 0 Å². The molecule has 0 aliphatic heterocycles. The fourth-order valence-electron chi connectivity index (χ4n) is 1.77. The van der Waals surface area contributed by atoms with Gasteiger partial charge in [0.25, 0.3) is 5.91 Å². The molecule has 1 aromatic carbocycles. The van der Waals surface area contributed by atoms with Crippen LogP contribution in [0.25, 0.3) is 0 Å². The third-order valence-electron chi connectivity index (χ3n) is 2.76. The standard InChI is InChI=1S/C15H20ClNO5/c1-9(2)22-13-5-4-10(16)8-11(13)14(18)17-12(15(19)20)6-7-21-3/h4-5,8-9,12H,6-7H2,1-3H3,(H,17,18)(H,19,20). The van der Waals surface area contributed by atoms with E-state index in [1.807, 2.05) is 13.8 Å². The zero-order valence-electron chi connectivity index (χ0n) is 12.8. The van der Waals surface area contributed by atoms with Crippen LogP contribution in [0.15, 0.2) is 18.2 Å². The number of hydrogen-bond donors (Lipinski definition) is 2. The number of carbonyl (C=O) groups excluding carboxylic acids is 1. The van der Waals surface area contributed by atoms with Crippen molar-refractivity contribution in [3.8, 4) is 5.75 Å². The number of aliphatic carboxylic acids is 1. The fourth-order valence-corrected chi connectivity index (χ4v) is 1.94. The molecule has 1 atom stereocenters. The van der Waals surface area contributed by atoms with Crippen LogP contribution in [0, 0.1) is 0 Å². The zero-order valence-corrected chi connectivity index (χ0v) is 13.5. The lowest BCUT2D eigenvalue weighted by Gasteiger charge is -2.17. The highest BCUT2D eigenvalue weighted by atomic mass is 35.5. The maximum atomic E-state index is 12.3. The molecule has 1 aromatic rings. The Balaban J connectivity index is 2.95. The average molecular weight is 330 g/mol. The van der Waals surface area contributed by atoms with Crippen molar-refractivity contribution in [3.63, 3.8) is 0 Å². The van der Waals surface area contributed by atoms with Crippen molar-refractivity contribution < 1.29 is 24.2 Å². The van der Waals surface area contributed by atoms with Gasteiger partial charge >= 0.3 is 5.97 Å². The quantitative estimate of drug-likeness (QED) is 0.764. The predicted molar refractivity (Wildman–Crippen MR) is 82.6 cm³/mol. The summed E-state index contributed by atoms with van der Waals surface area (Å²) >= 11 is 5.91. The van der Waals surface area contributed by atoms with Crippen LogP contribution in [-0.2, 0) is 9.53 Å². The number of ether oxygens (including phenoxy) is 2. The Morgan fingerprint density at radius 1 is 1.36 bits per heavy atom. The molecule has 122 valence electrons. The first-order chi connectivity index (χ1) is 10.3. The van der Waals surface area contributed by atoms with Crippen molar-refractivity contribution >= 4 is 23.5 Å². The van der Waals surface area contributed by atoms with E-state index < -0.39 is 17.9 Å². The fraction of sp³-hybridized carbons (Fsp3) is 0.467. The monoisotopic (exact) mass is 329 g/mol. The van der Waals surface area contributed by atoms with Crippen LogP contribution in [0.5, 0.6) is 5.75 Å². The number of methoxy groups -OCH3 is 1. The summed E-state index contributed by atoms with van der Waals surface area (Å²) in [7, 11) is 1.46. The summed E-state index contributed by atoms with van der Waals surface area (Å²) in [5, 5.41) is 12.0. The van der Waals surface area contributed by atoms with Crippen molar-refractivity contribution in [2.45, 2.75) is 32.4 Å².